The first kappa shape index (κ1) is 19.5. The number of hydrogen-bond acceptors (Lipinski definition) is 6. The van der Waals surface area contributed by atoms with Crippen molar-refractivity contribution < 1.29 is 14.3 Å². The second-order valence-electron chi connectivity index (χ2n) is 7.33. The molecule has 1 amide bonds. The predicted octanol–water partition coefficient (Wildman–Crippen LogP) is 2.17. The summed E-state index contributed by atoms with van der Waals surface area (Å²) in [5, 5.41) is 0. The summed E-state index contributed by atoms with van der Waals surface area (Å²) in [4.78, 5) is 25.5. The average Bonchev–Trinajstić information content (AvgIpc) is 3.34. The molecule has 0 unspecified atom stereocenters. The van der Waals surface area contributed by atoms with Crippen molar-refractivity contribution in [1.82, 2.24) is 24.1 Å². The van der Waals surface area contributed by atoms with Gasteiger partial charge in [-0.1, -0.05) is 0 Å². The number of amides is 1. The summed E-state index contributed by atoms with van der Waals surface area (Å²) >= 11 is 0. The number of carbonyl (C=O) groups excluding carboxylic acids is 1. The molecule has 1 saturated carbocycles. The molecule has 0 bridgehead atoms. The fourth-order valence-corrected chi connectivity index (χ4v) is 4.02. The topological polar surface area (TPSA) is 110 Å². The molecular weight excluding hydrogens is 372 g/mol. The molecule has 3 heterocycles. The van der Waals surface area contributed by atoms with Crippen LogP contribution in [0.1, 0.15) is 48.0 Å². The minimum Gasteiger partial charge on any atom is -0.382 e. The van der Waals surface area contributed by atoms with Gasteiger partial charge in [-0.15, -0.1) is 0 Å². The molecule has 0 spiro atoms. The fraction of sp³-hybridized carbons (Fsp3) is 0.500. The molecule has 3 aromatic heterocycles. The van der Waals surface area contributed by atoms with E-state index in [1.165, 1.54) is 0 Å². The van der Waals surface area contributed by atoms with Gasteiger partial charge in [0.2, 0.25) is 5.95 Å². The lowest BCUT2D eigenvalue weighted by molar-refractivity contribution is -0.00620. The highest BCUT2D eigenvalue weighted by molar-refractivity contribution is 6.02. The molecule has 4 rings (SSSR count). The number of imidazole rings is 1. The third-order valence-corrected chi connectivity index (χ3v) is 5.50. The van der Waals surface area contributed by atoms with Gasteiger partial charge in [-0.25, -0.2) is 15.0 Å². The summed E-state index contributed by atoms with van der Waals surface area (Å²) in [6, 6.07) is 2.18. The van der Waals surface area contributed by atoms with Gasteiger partial charge in [0.05, 0.1) is 30.4 Å². The maximum Gasteiger partial charge on any atom is 0.269 e. The van der Waals surface area contributed by atoms with Gasteiger partial charge in [-0.05, 0) is 38.7 Å². The first-order valence-electron chi connectivity index (χ1n) is 9.87. The molecular formula is C20H26N6O3. The van der Waals surface area contributed by atoms with Crippen LogP contribution in [0.5, 0.6) is 0 Å². The standard InChI is InChI=1S/C20H26N6O3/c1-13-22-8-10-25(13)20-23-16-7-9-26(18(16)17(24-20)19(21)27)14-3-5-15(6-4-14)29-12-11-28-2/h7-10,14-15H,3-6,11-12H2,1-2H3,(H2,21,27). The highest BCUT2D eigenvalue weighted by atomic mass is 16.5. The Hall–Kier alpha value is -2.78. The van der Waals surface area contributed by atoms with E-state index in [0.29, 0.717) is 30.2 Å². The van der Waals surface area contributed by atoms with Crippen LogP contribution in [0.25, 0.3) is 17.0 Å². The van der Waals surface area contributed by atoms with Crippen molar-refractivity contribution >= 4 is 16.9 Å². The summed E-state index contributed by atoms with van der Waals surface area (Å²) < 4.78 is 14.8. The molecule has 1 aliphatic carbocycles. The maximum atomic E-state index is 12.2. The highest BCUT2D eigenvalue weighted by Gasteiger charge is 2.26. The largest absolute Gasteiger partial charge is 0.382 e. The van der Waals surface area contributed by atoms with Crippen molar-refractivity contribution in [3.63, 3.8) is 0 Å². The smallest absolute Gasteiger partial charge is 0.269 e. The van der Waals surface area contributed by atoms with Crippen LogP contribution < -0.4 is 5.73 Å². The van der Waals surface area contributed by atoms with Crippen molar-refractivity contribution in [2.75, 3.05) is 20.3 Å². The first-order chi connectivity index (χ1) is 14.1. The molecule has 0 saturated heterocycles. The third-order valence-electron chi connectivity index (χ3n) is 5.50. The average molecular weight is 398 g/mol. The summed E-state index contributed by atoms with van der Waals surface area (Å²) in [5.41, 5.74) is 7.33. The van der Waals surface area contributed by atoms with Gasteiger partial charge in [0.15, 0.2) is 5.69 Å². The Morgan fingerprint density at radius 2 is 2.00 bits per heavy atom. The van der Waals surface area contributed by atoms with E-state index in [1.807, 2.05) is 19.2 Å². The van der Waals surface area contributed by atoms with Gasteiger partial charge in [-0.3, -0.25) is 9.36 Å². The molecule has 1 fully saturated rings. The lowest BCUT2D eigenvalue weighted by atomic mass is 9.92. The number of ether oxygens (including phenoxy) is 2. The number of primary amides is 1. The van der Waals surface area contributed by atoms with Crippen molar-refractivity contribution in [2.45, 2.75) is 44.8 Å². The minimum absolute atomic E-state index is 0.238. The number of aromatic nitrogens is 5. The number of nitrogens with two attached hydrogens (primary N) is 1. The lowest BCUT2D eigenvalue weighted by Gasteiger charge is -2.30. The Labute approximate surface area is 168 Å². The van der Waals surface area contributed by atoms with Crippen molar-refractivity contribution in [3.8, 4) is 5.95 Å². The first-order valence-corrected chi connectivity index (χ1v) is 9.87. The van der Waals surface area contributed by atoms with Crippen LogP contribution in [-0.2, 0) is 9.47 Å². The molecule has 0 atom stereocenters. The van der Waals surface area contributed by atoms with Crippen molar-refractivity contribution in [3.05, 3.63) is 36.2 Å². The fourth-order valence-electron chi connectivity index (χ4n) is 4.02. The summed E-state index contributed by atoms with van der Waals surface area (Å²) in [6.07, 6.45) is 9.52. The van der Waals surface area contributed by atoms with Crippen LogP contribution in [0.15, 0.2) is 24.7 Å². The number of aryl methyl sites for hydroxylation is 1. The Balaban J connectivity index is 1.62. The number of methoxy groups -OCH3 is 1. The predicted molar refractivity (Wildman–Crippen MR) is 107 cm³/mol. The molecule has 154 valence electrons. The van der Waals surface area contributed by atoms with Gasteiger partial charge in [0, 0.05) is 31.7 Å². The van der Waals surface area contributed by atoms with Crippen LogP contribution in [0.2, 0.25) is 0 Å². The zero-order valence-corrected chi connectivity index (χ0v) is 16.7. The second-order valence-corrected chi connectivity index (χ2v) is 7.33. The van der Waals surface area contributed by atoms with E-state index in [2.05, 4.69) is 19.5 Å². The maximum absolute atomic E-state index is 12.2. The second kappa shape index (κ2) is 8.30. The van der Waals surface area contributed by atoms with E-state index in [9.17, 15) is 4.79 Å². The van der Waals surface area contributed by atoms with E-state index in [-0.39, 0.29) is 17.8 Å². The highest BCUT2D eigenvalue weighted by Crippen LogP contribution is 2.33. The summed E-state index contributed by atoms with van der Waals surface area (Å²) in [5.74, 6) is 0.577. The molecule has 29 heavy (non-hydrogen) atoms. The molecule has 1 aliphatic rings. The molecule has 9 heteroatoms. The van der Waals surface area contributed by atoms with Crippen LogP contribution in [0, 0.1) is 6.92 Å². The van der Waals surface area contributed by atoms with Gasteiger partial charge < -0.3 is 19.8 Å². The monoisotopic (exact) mass is 398 g/mol. The quantitative estimate of drug-likeness (QED) is 0.611. The number of nitrogens with zero attached hydrogens (tertiary/aromatic N) is 5. The molecule has 3 aromatic rings. The van der Waals surface area contributed by atoms with E-state index < -0.39 is 5.91 Å². The molecule has 0 aliphatic heterocycles. The molecule has 0 radical (unpaired) electrons. The van der Waals surface area contributed by atoms with Gasteiger partial charge in [-0.2, -0.15) is 0 Å². The van der Waals surface area contributed by atoms with Gasteiger partial charge in [0.1, 0.15) is 5.82 Å². The zero-order chi connectivity index (χ0) is 20.4. The van der Waals surface area contributed by atoms with Crippen LogP contribution in [0.4, 0.5) is 0 Å². The minimum atomic E-state index is -0.562. The van der Waals surface area contributed by atoms with E-state index in [4.69, 9.17) is 15.2 Å². The SMILES string of the molecule is COCCOC1CCC(n2ccc3nc(-n4ccnc4C)nc(C(N)=O)c32)CC1. The lowest BCUT2D eigenvalue weighted by Crippen LogP contribution is -2.25. The van der Waals surface area contributed by atoms with Crippen molar-refractivity contribution in [2.24, 2.45) is 5.73 Å². The van der Waals surface area contributed by atoms with Crippen LogP contribution in [0.3, 0.4) is 0 Å². The normalized spacial score (nSPS) is 19.7. The van der Waals surface area contributed by atoms with Crippen LogP contribution in [-0.4, -0.2) is 56.4 Å². The molecule has 0 aromatic carbocycles. The third kappa shape index (κ3) is 3.88. The Morgan fingerprint density at radius 3 is 2.66 bits per heavy atom. The Bertz CT molecular complexity index is 1000. The number of fused-ring (bicyclic) bond motifs is 1. The van der Waals surface area contributed by atoms with Gasteiger partial charge >= 0.3 is 0 Å². The number of rotatable bonds is 7. The van der Waals surface area contributed by atoms with E-state index in [1.54, 1.807) is 24.1 Å². The summed E-state index contributed by atoms with van der Waals surface area (Å²) in [6.45, 7) is 3.09. The molecule has 2 N–H and O–H groups in total. The van der Waals surface area contributed by atoms with E-state index >= 15 is 0 Å². The van der Waals surface area contributed by atoms with Crippen LogP contribution >= 0.6 is 0 Å². The number of carbonyl (C=O) groups is 1. The Kier molecular flexibility index (Phi) is 5.59. The van der Waals surface area contributed by atoms with Gasteiger partial charge in [0.25, 0.3) is 5.91 Å². The summed E-state index contributed by atoms with van der Waals surface area (Å²) in [7, 11) is 1.68. The molecule has 9 nitrogen and oxygen atoms in total. The zero-order valence-electron chi connectivity index (χ0n) is 16.7. The van der Waals surface area contributed by atoms with E-state index in [0.717, 1.165) is 31.5 Å². The van der Waals surface area contributed by atoms with Crippen molar-refractivity contribution in [1.29, 1.82) is 0 Å². The number of hydrogen-bond donors (Lipinski definition) is 1. The Morgan fingerprint density at radius 1 is 1.21 bits per heavy atom.